The summed E-state index contributed by atoms with van der Waals surface area (Å²) in [6.07, 6.45) is 2.45. The molecule has 0 amide bonds. The van der Waals surface area contributed by atoms with E-state index in [0.717, 1.165) is 12.8 Å². The fourth-order valence-corrected chi connectivity index (χ4v) is 2.47. The quantitative estimate of drug-likeness (QED) is 0.672. The van der Waals surface area contributed by atoms with E-state index in [1.165, 1.54) is 0 Å². The number of rotatable bonds is 6. The van der Waals surface area contributed by atoms with Gasteiger partial charge in [-0.2, -0.15) is 0 Å². The average Bonchev–Trinajstić information content (AvgIpc) is 2.23. The summed E-state index contributed by atoms with van der Waals surface area (Å²) in [5.41, 5.74) is -0.326. The van der Waals surface area contributed by atoms with Crippen LogP contribution in [0.25, 0.3) is 0 Å². The Morgan fingerprint density at radius 1 is 1.24 bits per heavy atom. The highest BCUT2D eigenvalue weighted by molar-refractivity contribution is 5.92. The van der Waals surface area contributed by atoms with E-state index in [0.29, 0.717) is 25.4 Å². The molecule has 0 radical (unpaired) electrons. The number of hydrogen-bond donors (Lipinski definition) is 0. The number of hydrogen-bond acceptors (Lipinski definition) is 3. The Bertz CT molecular complexity index is 261. The second-order valence-electron chi connectivity index (χ2n) is 5.81. The van der Waals surface area contributed by atoms with Crippen molar-refractivity contribution >= 4 is 5.78 Å². The van der Waals surface area contributed by atoms with Crippen molar-refractivity contribution in [2.75, 3.05) is 13.2 Å². The minimum Gasteiger partial charge on any atom is -0.374 e. The number of ether oxygens (including phenoxy) is 2. The maximum atomic E-state index is 11.7. The summed E-state index contributed by atoms with van der Waals surface area (Å²) in [7, 11) is 0. The van der Waals surface area contributed by atoms with Gasteiger partial charge in [0.2, 0.25) is 0 Å². The molecule has 1 fully saturated rings. The lowest BCUT2D eigenvalue weighted by molar-refractivity contribution is -0.169. The van der Waals surface area contributed by atoms with Gasteiger partial charge in [0.15, 0.2) is 0 Å². The van der Waals surface area contributed by atoms with Gasteiger partial charge >= 0.3 is 0 Å². The van der Waals surface area contributed by atoms with Crippen molar-refractivity contribution < 1.29 is 14.3 Å². The maximum absolute atomic E-state index is 11.7. The molecular formula is C14H26O3. The molecular weight excluding hydrogens is 216 g/mol. The zero-order valence-corrected chi connectivity index (χ0v) is 11.8. The molecule has 0 aliphatic heterocycles. The van der Waals surface area contributed by atoms with Crippen LogP contribution in [0.4, 0.5) is 0 Å². The normalized spacial score (nSPS) is 23.6. The van der Waals surface area contributed by atoms with Crippen LogP contribution in [0.1, 0.15) is 53.9 Å². The zero-order valence-electron chi connectivity index (χ0n) is 11.8. The number of carbonyl (C=O) groups excluding carboxylic acids is 1. The summed E-state index contributed by atoms with van der Waals surface area (Å²) in [6.45, 7) is 11.4. The van der Waals surface area contributed by atoms with E-state index in [1.54, 1.807) is 0 Å². The molecule has 3 heteroatoms. The summed E-state index contributed by atoms with van der Waals surface area (Å²) in [5, 5.41) is 0. The largest absolute Gasteiger partial charge is 0.374 e. The predicted octanol–water partition coefficient (Wildman–Crippen LogP) is 2.97. The van der Waals surface area contributed by atoms with E-state index in [2.05, 4.69) is 13.8 Å². The van der Waals surface area contributed by atoms with Crippen LogP contribution >= 0.6 is 0 Å². The van der Waals surface area contributed by atoms with Gasteiger partial charge in [0.05, 0.1) is 30.3 Å². The van der Waals surface area contributed by atoms with Gasteiger partial charge < -0.3 is 9.47 Å². The molecule has 3 nitrogen and oxygen atoms in total. The van der Waals surface area contributed by atoms with Crippen molar-refractivity contribution in [2.24, 2.45) is 5.41 Å². The Balaban J connectivity index is 2.31. The second kappa shape index (κ2) is 5.49. The number of carbonyl (C=O) groups is 1. The highest BCUT2D eigenvalue weighted by Crippen LogP contribution is 2.45. The van der Waals surface area contributed by atoms with Crippen LogP contribution in [-0.2, 0) is 14.3 Å². The predicted molar refractivity (Wildman–Crippen MR) is 68.1 cm³/mol. The fourth-order valence-electron chi connectivity index (χ4n) is 2.47. The van der Waals surface area contributed by atoms with Gasteiger partial charge in [0.1, 0.15) is 5.78 Å². The Labute approximate surface area is 105 Å². The first-order valence-electron chi connectivity index (χ1n) is 6.64. The smallest absolute Gasteiger partial charge is 0.144 e. The maximum Gasteiger partial charge on any atom is 0.144 e. The van der Waals surface area contributed by atoms with Gasteiger partial charge in [-0.05, 0) is 33.6 Å². The average molecular weight is 242 g/mol. The molecule has 1 aliphatic carbocycles. The van der Waals surface area contributed by atoms with Crippen LogP contribution in [-0.4, -0.2) is 30.7 Å². The highest BCUT2D eigenvalue weighted by Gasteiger charge is 2.52. The van der Waals surface area contributed by atoms with E-state index in [-0.39, 0.29) is 17.1 Å². The van der Waals surface area contributed by atoms with E-state index >= 15 is 0 Å². The fraction of sp³-hybridized carbons (Fsp3) is 0.929. The molecule has 100 valence electrons. The van der Waals surface area contributed by atoms with Gasteiger partial charge in [-0.15, -0.1) is 0 Å². The highest BCUT2D eigenvalue weighted by atomic mass is 16.5. The molecule has 0 N–H and O–H groups in total. The van der Waals surface area contributed by atoms with Crippen molar-refractivity contribution in [1.82, 2.24) is 0 Å². The Hall–Kier alpha value is -0.410. The van der Waals surface area contributed by atoms with Crippen molar-refractivity contribution in [3.63, 3.8) is 0 Å². The standard InChI is InChI=1S/C14H26O3/c1-6-14(7-2)11(15)10-12(14)16-8-9-17-13(3,4)5/h12H,6-10H2,1-5H3. The summed E-state index contributed by atoms with van der Waals surface area (Å²) in [6, 6.07) is 0. The molecule has 1 atom stereocenters. The lowest BCUT2D eigenvalue weighted by Crippen LogP contribution is -2.54. The van der Waals surface area contributed by atoms with Crippen LogP contribution in [0, 0.1) is 5.41 Å². The minimum atomic E-state index is -0.207. The number of ketones is 1. The topological polar surface area (TPSA) is 35.5 Å². The monoisotopic (exact) mass is 242 g/mol. The molecule has 0 bridgehead atoms. The summed E-state index contributed by atoms with van der Waals surface area (Å²) in [5.74, 6) is 0.365. The summed E-state index contributed by atoms with van der Waals surface area (Å²) < 4.78 is 11.4. The van der Waals surface area contributed by atoms with Crippen molar-refractivity contribution in [2.45, 2.75) is 65.6 Å². The molecule has 1 aliphatic rings. The molecule has 1 rings (SSSR count). The first-order valence-corrected chi connectivity index (χ1v) is 6.64. The minimum absolute atomic E-state index is 0.105. The SMILES string of the molecule is CCC1(CC)C(=O)CC1OCCOC(C)(C)C. The molecule has 0 aromatic rings. The Morgan fingerprint density at radius 3 is 2.24 bits per heavy atom. The molecule has 0 saturated heterocycles. The van der Waals surface area contributed by atoms with Gasteiger partial charge in [-0.3, -0.25) is 4.79 Å². The van der Waals surface area contributed by atoms with Gasteiger partial charge in [-0.25, -0.2) is 0 Å². The zero-order chi connectivity index (χ0) is 13.1. The first kappa shape index (κ1) is 14.7. The van der Waals surface area contributed by atoms with Crippen LogP contribution in [0.3, 0.4) is 0 Å². The first-order chi connectivity index (χ1) is 7.85. The third kappa shape index (κ3) is 3.29. The molecule has 0 aromatic carbocycles. The van der Waals surface area contributed by atoms with Crippen molar-refractivity contribution in [3.8, 4) is 0 Å². The second-order valence-corrected chi connectivity index (χ2v) is 5.81. The van der Waals surface area contributed by atoms with Crippen LogP contribution in [0.15, 0.2) is 0 Å². The van der Waals surface area contributed by atoms with Crippen molar-refractivity contribution in [1.29, 1.82) is 0 Å². The van der Waals surface area contributed by atoms with E-state index < -0.39 is 0 Å². The Kier molecular flexibility index (Phi) is 4.73. The number of Topliss-reactive ketones (excluding diaryl/α,β-unsaturated/α-hetero) is 1. The third-order valence-electron chi connectivity index (χ3n) is 3.74. The van der Waals surface area contributed by atoms with Gasteiger partial charge in [0.25, 0.3) is 0 Å². The Morgan fingerprint density at radius 2 is 1.82 bits per heavy atom. The van der Waals surface area contributed by atoms with Crippen LogP contribution in [0.5, 0.6) is 0 Å². The lowest BCUT2D eigenvalue weighted by atomic mass is 9.61. The summed E-state index contributed by atoms with van der Waals surface area (Å²) in [4.78, 5) is 11.7. The summed E-state index contributed by atoms with van der Waals surface area (Å²) >= 11 is 0. The van der Waals surface area contributed by atoms with Gasteiger partial charge in [-0.1, -0.05) is 13.8 Å². The molecule has 17 heavy (non-hydrogen) atoms. The van der Waals surface area contributed by atoms with Crippen molar-refractivity contribution in [3.05, 3.63) is 0 Å². The lowest BCUT2D eigenvalue weighted by Gasteiger charge is -2.46. The van der Waals surface area contributed by atoms with Crippen LogP contribution < -0.4 is 0 Å². The van der Waals surface area contributed by atoms with Gasteiger partial charge in [0, 0.05) is 6.42 Å². The van der Waals surface area contributed by atoms with E-state index in [1.807, 2.05) is 20.8 Å². The van der Waals surface area contributed by atoms with E-state index in [4.69, 9.17) is 9.47 Å². The molecule has 1 unspecified atom stereocenters. The molecule has 1 saturated carbocycles. The molecule has 0 aromatic heterocycles. The molecule has 0 heterocycles. The third-order valence-corrected chi connectivity index (χ3v) is 3.74. The van der Waals surface area contributed by atoms with E-state index in [9.17, 15) is 4.79 Å². The molecule has 0 spiro atoms. The van der Waals surface area contributed by atoms with Crippen LogP contribution in [0.2, 0.25) is 0 Å².